The molecule has 0 aliphatic rings. The first-order chi connectivity index (χ1) is 7.71. The van der Waals surface area contributed by atoms with Crippen LogP contribution in [0.5, 0.6) is 0 Å². The molecule has 0 saturated heterocycles. The summed E-state index contributed by atoms with van der Waals surface area (Å²) in [5.41, 5.74) is 0.885. The largest absolute Gasteiger partial charge is 0.496 e. The molecule has 0 spiro atoms. The maximum Gasteiger partial charge on any atom is 0.496 e. The topological polar surface area (TPSA) is 110 Å². The predicted octanol–water partition coefficient (Wildman–Crippen LogP) is 0.767. The number of phosphoric acid groups is 1. The van der Waals surface area contributed by atoms with Crippen LogP contribution in [-0.2, 0) is 24.0 Å². The number of hydrogen-bond donors (Lipinski definition) is 2. The predicted molar refractivity (Wildman–Crippen MR) is 57.4 cm³/mol. The van der Waals surface area contributed by atoms with Gasteiger partial charge in [0.15, 0.2) is 5.94 Å². The lowest BCUT2D eigenvalue weighted by Crippen LogP contribution is -2.10. The van der Waals surface area contributed by atoms with E-state index in [0.717, 1.165) is 5.56 Å². The Kier molecular flexibility index (Phi) is 4.42. The normalized spacial score (nSPS) is 12.6. The fourth-order valence-corrected chi connectivity index (χ4v) is 2.09. The highest BCUT2D eigenvalue weighted by atomic mass is 32.2. The van der Waals surface area contributed by atoms with Gasteiger partial charge in [-0.25, -0.2) is 17.9 Å². The van der Waals surface area contributed by atoms with Crippen LogP contribution in [0.4, 0.5) is 0 Å². The van der Waals surface area contributed by atoms with E-state index in [-0.39, 0.29) is 4.90 Å². The molecule has 0 atom stereocenters. The third-order valence-corrected chi connectivity index (χ3v) is 3.43. The molecule has 0 fully saturated rings. The van der Waals surface area contributed by atoms with E-state index in [2.05, 4.69) is 9.56 Å². The van der Waals surface area contributed by atoms with Crippen molar-refractivity contribution in [1.82, 2.24) is 0 Å². The molecule has 0 radical (unpaired) electrons. The monoisotopic (exact) mass is 282 g/mol. The summed E-state index contributed by atoms with van der Waals surface area (Å²) in [7, 11) is -8.63. The fourth-order valence-electron chi connectivity index (χ4n) is 0.967. The summed E-state index contributed by atoms with van der Waals surface area (Å²) >= 11 is 0. The summed E-state index contributed by atoms with van der Waals surface area (Å²) in [6.07, 6.45) is 0. The van der Waals surface area contributed by atoms with E-state index in [1.807, 2.05) is 0 Å². The highest BCUT2D eigenvalue weighted by Gasteiger charge is 2.20. The van der Waals surface area contributed by atoms with Gasteiger partial charge in [-0.2, -0.15) is 0 Å². The van der Waals surface area contributed by atoms with Crippen molar-refractivity contribution in [3.63, 3.8) is 0 Å². The number of rotatable bonds is 5. The molecule has 0 aromatic heterocycles. The third kappa shape index (κ3) is 4.95. The van der Waals surface area contributed by atoms with Crippen LogP contribution in [-0.4, -0.2) is 24.1 Å². The summed E-state index contributed by atoms with van der Waals surface area (Å²) in [6.45, 7) is 1.80. The van der Waals surface area contributed by atoms with E-state index in [1.54, 1.807) is 19.1 Å². The highest BCUT2D eigenvalue weighted by molar-refractivity contribution is 7.91. The van der Waals surface area contributed by atoms with Gasteiger partial charge < -0.3 is 9.79 Å². The molecule has 96 valence electrons. The van der Waals surface area contributed by atoms with Crippen molar-refractivity contribution in [2.24, 2.45) is 0 Å². The van der Waals surface area contributed by atoms with Crippen molar-refractivity contribution >= 4 is 17.7 Å². The van der Waals surface area contributed by atoms with Crippen LogP contribution in [0.15, 0.2) is 29.2 Å². The van der Waals surface area contributed by atoms with Crippen molar-refractivity contribution in [3.8, 4) is 0 Å². The number of hydrogen-bond acceptors (Lipinski definition) is 5. The zero-order valence-corrected chi connectivity index (χ0v) is 10.5. The van der Waals surface area contributed by atoms with Gasteiger partial charge in [-0.1, -0.05) is 17.7 Å². The van der Waals surface area contributed by atoms with E-state index in [4.69, 9.17) is 9.79 Å². The molecule has 0 unspecified atom stereocenters. The Morgan fingerprint density at radius 3 is 2.24 bits per heavy atom. The number of sulfone groups is 1. The van der Waals surface area contributed by atoms with Crippen LogP contribution < -0.4 is 0 Å². The van der Waals surface area contributed by atoms with Crippen LogP contribution in [0.2, 0.25) is 0 Å². The average Bonchev–Trinajstić information content (AvgIpc) is 2.15. The molecule has 1 aromatic rings. The van der Waals surface area contributed by atoms with E-state index in [0.29, 0.717) is 0 Å². The molecular weight excluding hydrogens is 271 g/mol. The summed E-state index contributed by atoms with van der Waals surface area (Å²) in [5, 5.41) is 0. The lowest BCUT2D eigenvalue weighted by atomic mass is 10.2. The Labute approximate surface area is 98.1 Å². The maximum atomic E-state index is 11.6. The van der Waals surface area contributed by atoms with Crippen LogP contribution in [0.1, 0.15) is 5.56 Å². The van der Waals surface area contributed by atoms with Crippen molar-refractivity contribution in [3.05, 3.63) is 29.8 Å². The molecule has 1 rings (SSSR count). The molecule has 0 saturated carbocycles. The van der Waals surface area contributed by atoms with Gasteiger partial charge in [-0.05, 0) is 19.1 Å². The first-order valence-corrected chi connectivity index (χ1v) is 7.55. The van der Waals surface area contributed by atoms with Gasteiger partial charge in [0.05, 0.1) is 4.90 Å². The molecule has 0 aliphatic heterocycles. The fraction of sp³-hybridized carbons (Fsp3) is 0.250. The third-order valence-electron chi connectivity index (χ3n) is 1.73. The molecule has 0 bridgehead atoms. The summed E-state index contributed by atoms with van der Waals surface area (Å²) in [4.78, 5) is 20.6. The smallest absolute Gasteiger partial charge is 0.301 e. The summed E-state index contributed by atoms with van der Waals surface area (Å²) < 4.78 is 37.0. The lowest BCUT2D eigenvalue weighted by Gasteiger charge is -2.06. The molecule has 0 amide bonds. The molecule has 0 heterocycles. The zero-order valence-electron chi connectivity index (χ0n) is 8.81. The Morgan fingerprint density at radius 2 is 1.76 bits per heavy atom. The Bertz CT molecular complexity index is 515. The van der Waals surface area contributed by atoms with Gasteiger partial charge in [0.25, 0.3) is 0 Å². The second kappa shape index (κ2) is 5.26. The quantitative estimate of drug-likeness (QED) is 0.466. The van der Waals surface area contributed by atoms with Gasteiger partial charge in [0.1, 0.15) is 0 Å². The lowest BCUT2D eigenvalue weighted by molar-refractivity contribution is -0.204. The summed E-state index contributed by atoms with van der Waals surface area (Å²) in [6, 6.07) is 5.92. The SMILES string of the molecule is Cc1ccc(S(=O)(=O)COOP(=O)(O)O)cc1. The van der Waals surface area contributed by atoms with E-state index < -0.39 is 23.6 Å². The minimum absolute atomic E-state index is 0.0163. The second-order valence-electron chi connectivity index (χ2n) is 3.23. The minimum atomic E-state index is -4.84. The zero-order chi connectivity index (χ0) is 13.1. The second-order valence-corrected chi connectivity index (χ2v) is 6.30. The van der Waals surface area contributed by atoms with Gasteiger partial charge >= 0.3 is 7.82 Å². The van der Waals surface area contributed by atoms with Crippen molar-refractivity contribution in [1.29, 1.82) is 0 Å². The van der Waals surface area contributed by atoms with Crippen LogP contribution in [0.3, 0.4) is 0 Å². The van der Waals surface area contributed by atoms with Crippen molar-refractivity contribution in [2.45, 2.75) is 11.8 Å². The average molecular weight is 282 g/mol. The Morgan fingerprint density at radius 1 is 1.24 bits per heavy atom. The molecule has 17 heavy (non-hydrogen) atoms. The van der Waals surface area contributed by atoms with Gasteiger partial charge in [-0.15, -0.1) is 4.67 Å². The van der Waals surface area contributed by atoms with E-state index >= 15 is 0 Å². The van der Waals surface area contributed by atoms with Gasteiger partial charge in [-0.3, -0.25) is 0 Å². The van der Waals surface area contributed by atoms with Crippen molar-refractivity contribution < 1.29 is 32.3 Å². The van der Waals surface area contributed by atoms with Gasteiger partial charge in [0.2, 0.25) is 9.84 Å². The number of aryl methyl sites for hydroxylation is 1. The molecule has 9 heteroatoms. The molecule has 2 N–H and O–H groups in total. The van der Waals surface area contributed by atoms with Crippen LogP contribution in [0, 0.1) is 6.92 Å². The van der Waals surface area contributed by atoms with Gasteiger partial charge in [0, 0.05) is 0 Å². The molecule has 7 nitrogen and oxygen atoms in total. The van der Waals surface area contributed by atoms with Crippen molar-refractivity contribution in [2.75, 3.05) is 5.94 Å². The minimum Gasteiger partial charge on any atom is -0.301 e. The maximum absolute atomic E-state index is 11.6. The van der Waals surface area contributed by atoms with Crippen LogP contribution in [0.25, 0.3) is 0 Å². The van der Waals surface area contributed by atoms with E-state index in [9.17, 15) is 13.0 Å². The molecule has 1 aromatic carbocycles. The molecule has 0 aliphatic carbocycles. The first kappa shape index (κ1) is 14.3. The number of benzene rings is 1. The molecular formula is C8H11O7PS. The highest BCUT2D eigenvalue weighted by Crippen LogP contribution is 2.36. The van der Waals surface area contributed by atoms with E-state index in [1.165, 1.54) is 12.1 Å². The summed E-state index contributed by atoms with van der Waals surface area (Å²) in [5.74, 6) is -0.971. The first-order valence-electron chi connectivity index (χ1n) is 4.37. The Hall–Kier alpha value is -0.760. The standard InChI is InChI=1S/C8H11O7PS/c1-7-2-4-8(5-3-7)17(12,13)6-14-15-16(9,10)11/h2-5H,6H2,1H3,(H2,9,10,11). The Balaban J connectivity index is 2.70. The van der Waals surface area contributed by atoms with Crippen LogP contribution >= 0.6 is 7.82 Å².